The van der Waals surface area contributed by atoms with Crippen molar-refractivity contribution in [1.29, 1.82) is 0 Å². The molecule has 0 bridgehead atoms. The number of benzene rings is 1. The van der Waals surface area contributed by atoms with Gasteiger partial charge in [-0.15, -0.1) is 24.0 Å². The highest BCUT2D eigenvalue weighted by molar-refractivity contribution is 14.0. The van der Waals surface area contributed by atoms with Gasteiger partial charge in [-0.1, -0.05) is 15.9 Å². The molecular weight excluding hydrogens is 523 g/mol. The number of halogens is 4. The fourth-order valence-electron chi connectivity index (χ4n) is 2.78. The van der Waals surface area contributed by atoms with Gasteiger partial charge in [0.2, 0.25) is 0 Å². The Labute approximate surface area is 178 Å². The van der Waals surface area contributed by atoms with Gasteiger partial charge in [0, 0.05) is 22.6 Å². The van der Waals surface area contributed by atoms with Crippen LogP contribution >= 0.6 is 39.9 Å². The van der Waals surface area contributed by atoms with Crippen LogP contribution in [0, 0.1) is 0 Å². The molecule has 26 heavy (non-hydrogen) atoms. The van der Waals surface area contributed by atoms with E-state index in [4.69, 9.17) is 0 Å². The second kappa shape index (κ2) is 11.9. The van der Waals surface area contributed by atoms with Gasteiger partial charge in [0.05, 0.1) is 12.6 Å². The maximum absolute atomic E-state index is 12.5. The molecule has 0 aromatic heterocycles. The van der Waals surface area contributed by atoms with E-state index in [1.54, 1.807) is 12.1 Å². The first-order valence-electron chi connectivity index (χ1n) is 8.44. The molecule has 148 valence electrons. The number of hydrogen-bond donors (Lipinski definition) is 3. The van der Waals surface area contributed by atoms with E-state index in [0.29, 0.717) is 18.1 Å². The third kappa shape index (κ3) is 7.91. The lowest BCUT2D eigenvalue weighted by molar-refractivity contribution is -0.0504. The summed E-state index contributed by atoms with van der Waals surface area (Å²) in [7, 11) is 0. The Kier molecular flexibility index (Phi) is 10.7. The maximum Gasteiger partial charge on any atom is 0.387 e. The number of alkyl halides is 2. The molecule has 0 spiro atoms. The molecule has 1 fully saturated rings. The largest absolute Gasteiger partial charge is 0.434 e. The van der Waals surface area contributed by atoms with Crippen LogP contribution < -0.4 is 15.4 Å². The van der Waals surface area contributed by atoms with Gasteiger partial charge in [0.1, 0.15) is 5.75 Å². The summed E-state index contributed by atoms with van der Waals surface area (Å²) in [5.41, 5.74) is 0.575. The van der Waals surface area contributed by atoms with Crippen molar-refractivity contribution >= 4 is 45.9 Å². The van der Waals surface area contributed by atoms with Crippen LogP contribution in [0.1, 0.15) is 38.2 Å². The number of guanidine groups is 1. The van der Waals surface area contributed by atoms with E-state index in [9.17, 15) is 13.9 Å². The third-order valence-electron chi connectivity index (χ3n) is 4.03. The molecular formula is C17H25BrF2IN3O2. The second-order valence-electron chi connectivity index (χ2n) is 5.98. The molecule has 0 unspecified atom stereocenters. The monoisotopic (exact) mass is 547 g/mol. The van der Waals surface area contributed by atoms with E-state index in [-0.39, 0.29) is 48.4 Å². The highest BCUT2D eigenvalue weighted by Crippen LogP contribution is 2.25. The van der Waals surface area contributed by atoms with Crippen LogP contribution in [0.4, 0.5) is 8.78 Å². The second-order valence-corrected chi connectivity index (χ2v) is 6.89. The zero-order chi connectivity index (χ0) is 18.2. The van der Waals surface area contributed by atoms with Gasteiger partial charge in [-0.05, 0) is 50.8 Å². The minimum absolute atomic E-state index is 0. The highest BCUT2D eigenvalue weighted by Gasteiger charge is 2.20. The van der Waals surface area contributed by atoms with Gasteiger partial charge in [0.25, 0.3) is 0 Å². The van der Waals surface area contributed by atoms with Crippen molar-refractivity contribution < 1.29 is 18.6 Å². The van der Waals surface area contributed by atoms with Crippen LogP contribution in [0.2, 0.25) is 0 Å². The standard InChI is InChI=1S/C17H24BrF2N3O2.HI/c1-2-21-17(23-13-4-6-14(24)7-5-13)22-10-11-9-12(18)3-8-15(11)25-16(19)20;/h3,8-9,13-14,16,24H,2,4-7,10H2,1H3,(H2,21,22,23);1H. The fourth-order valence-corrected chi connectivity index (χ4v) is 3.19. The van der Waals surface area contributed by atoms with Crippen molar-refractivity contribution in [3.05, 3.63) is 28.2 Å². The number of nitrogens with zero attached hydrogens (tertiary/aromatic N) is 1. The summed E-state index contributed by atoms with van der Waals surface area (Å²) in [5.74, 6) is 0.755. The Morgan fingerprint density at radius 2 is 2.04 bits per heavy atom. The summed E-state index contributed by atoms with van der Waals surface area (Å²) in [4.78, 5) is 4.49. The number of aliphatic hydroxyl groups is 1. The van der Waals surface area contributed by atoms with Crippen molar-refractivity contribution in [2.45, 2.75) is 57.9 Å². The van der Waals surface area contributed by atoms with Crippen LogP contribution in [0.3, 0.4) is 0 Å². The zero-order valence-corrected chi connectivity index (χ0v) is 18.5. The summed E-state index contributed by atoms with van der Waals surface area (Å²) in [5, 5.41) is 16.1. The van der Waals surface area contributed by atoms with E-state index in [0.717, 1.165) is 30.2 Å². The van der Waals surface area contributed by atoms with Gasteiger partial charge in [0.15, 0.2) is 5.96 Å². The third-order valence-corrected chi connectivity index (χ3v) is 4.52. The lowest BCUT2D eigenvalue weighted by Crippen LogP contribution is -2.45. The van der Waals surface area contributed by atoms with Gasteiger partial charge in [-0.2, -0.15) is 8.78 Å². The Hall–Kier alpha value is -0.680. The van der Waals surface area contributed by atoms with Gasteiger partial charge in [-0.3, -0.25) is 0 Å². The number of nitrogens with one attached hydrogen (secondary N) is 2. The van der Waals surface area contributed by atoms with E-state index in [1.807, 2.05) is 6.92 Å². The Balaban J connectivity index is 0.00000338. The topological polar surface area (TPSA) is 65.9 Å². The molecule has 5 nitrogen and oxygen atoms in total. The SMILES string of the molecule is CCNC(=NCc1cc(Br)ccc1OC(F)F)NC1CCC(O)CC1.I. The van der Waals surface area contributed by atoms with Crippen molar-refractivity contribution in [3.63, 3.8) is 0 Å². The smallest absolute Gasteiger partial charge is 0.387 e. The number of aliphatic imine (C=N–C) groups is 1. The molecule has 2 rings (SSSR count). The fraction of sp³-hybridized carbons (Fsp3) is 0.588. The van der Waals surface area contributed by atoms with Crippen molar-refractivity contribution in [1.82, 2.24) is 10.6 Å². The molecule has 1 aliphatic carbocycles. The van der Waals surface area contributed by atoms with Crippen LogP contribution in [0.25, 0.3) is 0 Å². The summed E-state index contributed by atoms with van der Waals surface area (Å²) in [6, 6.07) is 5.13. The number of rotatable bonds is 6. The molecule has 0 radical (unpaired) electrons. The van der Waals surface area contributed by atoms with Gasteiger partial charge in [-0.25, -0.2) is 4.99 Å². The normalized spacial score (nSPS) is 20.5. The van der Waals surface area contributed by atoms with Crippen LogP contribution in [0.15, 0.2) is 27.7 Å². The predicted molar refractivity (Wildman–Crippen MR) is 112 cm³/mol. The Bertz CT molecular complexity index is 585. The molecule has 0 aliphatic heterocycles. The number of hydrogen-bond acceptors (Lipinski definition) is 3. The van der Waals surface area contributed by atoms with Crippen molar-refractivity contribution in [2.75, 3.05) is 6.54 Å². The summed E-state index contributed by atoms with van der Waals surface area (Å²) in [6.07, 6.45) is 3.09. The predicted octanol–water partition coefficient (Wildman–Crippen LogP) is 4.03. The van der Waals surface area contributed by atoms with E-state index in [1.165, 1.54) is 6.07 Å². The van der Waals surface area contributed by atoms with Crippen molar-refractivity contribution in [3.8, 4) is 5.75 Å². The Morgan fingerprint density at radius 1 is 1.35 bits per heavy atom. The quantitative estimate of drug-likeness (QED) is 0.286. The first kappa shape index (κ1) is 23.4. The molecule has 0 atom stereocenters. The summed E-state index contributed by atoms with van der Waals surface area (Å²) >= 11 is 3.34. The average Bonchev–Trinajstić information content (AvgIpc) is 2.56. The van der Waals surface area contributed by atoms with E-state index in [2.05, 4.69) is 36.3 Å². The highest BCUT2D eigenvalue weighted by atomic mass is 127. The molecule has 0 saturated heterocycles. The molecule has 0 amide bonds. The lowest BCUT2D eigenvalue weighted by Gasteiger charge is -2.27. The zero-order valence-electron chi connectivity index (χ0n) is 14.6. The van der Waals surface area contributed by atoms with Crippen molar-refractivity contribution in [2.24, 2.45) is 4.99 Å². The molecule has 1 aromatic carbocycles. The molecule has 1 aromatic rings. The molecule has 9 heteroatoms. The maximum atomic E-state index is 12.5. The molecule has 0 heterocycles. The average molecular weight is 548 g/mol. The summed E-state index contributed by atoms with van der Waals surface area (Å²) < 4.78 is 30.4. The molecule has 1 saturated carbocycles. The van der Waals surface area contributed by atoms with E-state index >= 15 is 0 Å². The number of ether oxygens (including phenoxy) is 1. The number of aliphatic hydroxyl groups excluding tert-OH is 1. The lowest BCUT2D eigenvalue weighted by atomic mass is 9.93. The van der Waals surface area contributed by atoms with Gasteiger partial charge < -0.3 is 20.5 Å². The van der Waals surface area contributed by atoms with Crippen LogP contribution in [-0.4, -0.2) is 36.4 Å². The van der Waals surface area contributed by atoms with Crippen LogP contribution in [0.5, 0.6) is 5.75 Å². The van der Waals surface area contributed by atoms with Gasteiger partial charge >= 0.3 is 6.61 Å². The molecule has 1 aliphatic rings. The first-order chi connectivity index (χ1) is 12.0. The Morgan fingerprint density at radius 3 is 2.65 bits per heavy atom. The summed E-state index contributed by atoms with van der Waals surface area (Å²) in [6.45, 7) is 0.00215. The molecule has 3 N–H and O–H groups in total. The van der Waals surface area contributed by atoms with Crippen LogP contribution in [-0.2, 0) is 6.54 Å². The van der Waals surface area contributed by atoms with E-state index < -0.39 is 6.61 Å². The minimum atomic E-state index is -2.87. The minimum Gasteiger partial charge on any atom is -0.434 e. The first-order valence-corrected chi connectivity index (χ1v) is 9.23.